The maximum absolute atomic E-state index is 12.3. The van der Waals surface area contributed by atoms with Gasteiger partial charge in [-0.2, -0.15) is 0 Å². The predicted octanol–water partition coefficient (Wildman–Crippen LogP) is 3.20. The minimum atomic E-state index is -1.21. The Balaban J connectivity index is 2.00. The number of hydrogen-bond donors (Lipinski definition) is 3. The Morgan fingerprint density at radius 3 is 2.60 bits per heavy atom. The number of aromatic nitrogens is 1. The van der Waals surface area contributed by atoms with Crippen molar-refractivity contribution in [2.75, 3.05) is 6.54 Å². The fraction of sp³-hybridized carbons (Fsp3) is 0.474. The van der Waals surface area contributed by atoms with E-state index >= 15 is 0 Å². The lowest BCUT2D eigenvalue weighted by atomic mass is 9.96. The topological polar surface area (TPSA) is 87.4 Å². The fourth-order valence-electron chi connectivity index (χ4n) is 2.85. The third-order valence-corrected chi connectivity index (χ3v) is 4.17. The van der Waals surface area contributed by atoms with Gasteiger partial charge in [0.1, 0.15) is 17.1 Å². The second kappa shape index (κ2) is 7.70. The highest BCUT2D eigenvalue weighted by molar-refractivity contribution is 5.74. The van der Waals surface area contributed by atoms with E-state index < -0.39 is 5.60 Å². The van der Waals surface area contributed by atoms with Crippen molar-refractivity contribution in [1.29, 1.82) is 0 Å². The predicted molar refractivity (Wildman–Crippen MR) is 96.1 cm³/mol. The Labute approximate surface area is 148 Å². The van der Waals surface area contributed by atoms with Gasteiger partial charge >= 0.3 is 6.03 Å². The van der Waals surface area contributed by atoms with E-state index in [9.17, 15) is 9.90 Å². The number of aliphatic hydroxyl groups is 1. The molecule has 0 aliphatic rings. The number of rotatable bonds is 6. The van der Waals surface area contributed by atoms with E-state index in [1.165, 1.54) is 0 Å². The van der Waals surface area contributed by atoms with Gasteiger partial charge in [-0.3, -0.25) is 4.98 Å². The summed E-state index contributed by atoms with van der Waals surface area (Å²) in [5.41, 5.74) is 0.272. The molecule has 0 fully saturated rings. The van der Waals surface area contributed by atoms with Crippen molar-refractivity contribution in [3.05, 3.63) is 53.2 Å². The van der Waals surface area contributed by atoms with E-state index in [1.807, 2.05) is 39.0 Å². The van der Waals surface area contributed by atoms with Crippen molar-refractivity contribution in [2.24, 2.45) is 5.92 Å². The lowest BCUT2D eigenvalue weighted by molar-refractivity contribution is 0.0577. The first kappa shape index (κ1) is 19.0. The standard InChI is InChI=1S/C19H27N3O3/c1-12(2)17(16-8-6-7-9-20-16)22-18(23)21-11-19(5,24)15-10-13(3)25-14(15)4/h6-10,12,17,24H,11H2,1-5H3,(H2,21,22,23)/t17-,19+/m1/s1. The fourth-order valence-corrected chi connectivity index (χ4v) is 2.85. The molecule has 2 amide bonds. The molecule has 6 heteroatoms. The summed E-state index contributed by atoms with van der Waals surface area (Å²) in [6, 6.07) is 6.87. The summed E-state index contributed by atoms with van der Waals surface area (Å²) in [4.78, 5) is 16.6. The van der Waals surface area contributed by atoms with Crippen LogP contribution in [0.2, 0.25) is 0 Å². The van der Waals surface area contributed by atoms with Crippen LogP contribution >= 0.6 is 0 Å². The second-order valence-corrected chi connectivity index (χ2v) is 6.90. The van der Waals surface area contributed by atoms with Crippen LogP contribution in [-0.4, -0.2) is 22.7 Å². The molecule has 2 aromatic heterocycles. The highest BCUT2D eigenvalue weighted by Gasteiger charge is 2.29. The Morgan fingerprint density at radius 2 is 2.08 bits per heavy atom. The number of nitrogens with zero attached hydrogens (tertiary/aromatic N) is 1. The van der Waals surface area contributed by atoms with Crippen LogP contribution in [0.15, 0.2) is 34.9 Å². The van der Waals surface area contributed by atoms with Gasteiger partial charge in [0, 0.05) is 11.8 Å². The van der Waals surface area contributed by atoms with Gasteiger partial charge in [-0.15, -0.1) is 0 Å². The smallest absolute Gasteiger partial charge is 0.315 e. The Kier molecular flexibility index (Phi) is 5.85. The summed E-state index contributed by atoms with van der Waals surface area (Å²) in [5.74, 6) is 1.56. The van der Waals surface area contributed by atoms with E-state index in [0.717, 1.165) is 11.5 Å². The van der Waals surface area contributed by atoms with Crippen molar-refractivity contribution in [1.82, 2.24) is 15.6 Å². The van der Waals surface area contributed by atoms with E-state index in [4.69, 9.17) is 4.42 Å². The molecule has 0 aliphatic heterocycles. The molecule has 2 rings (SSSR count). The molecular weight excluding hydrogens is 318 g/mol. The minimum Gasteiger partial charge on any atom is -0.466 e. The first-order chi connectivity index (χ1) is 11.7. The number of carbonyl (C=O) groups is 1. The van der Waals surface area contributed by atoms with Crippen molar-refractivity contribution in [3.8, 4) is 0 Å². The largest absolute Gasteiger partial charge is 0.466 e. The molecule has 0 aliphatic carbocycles. The maximum Gasteiger partial charge on any atom is 0.315 e. The van der Waals surface area contributed by atoms with Crippen LogP contribution in [0, 0.1) is 19.8 Å². The zero-order valence-electron chi connectivity index (χ0n) is 15.5. The van der Waals surface area contributed by atoms with Gasteiger partial charge in [0.2, 0.25) is 0 Å². The summed E-state index contributed by atoms with van der Waals surface area (Å²) in [7, 11) is 0. The van der Waals surface area contributed by atoms with E-state index in [1.54, 1.807) is 26.1 Å². The number of aryl methyl sites for hydroxylation is 2. The molecule has 2 heterocycles. The summed E-state index contributed by atoms with van der Waals surface area (Å²) < 4.78 is 5.46. The Morgan fingerprint density at radius 1 is 1.36 bits per heavy atom. The minimum absolute atomic E-state index is 0.0751. The molecule has 6 nitrogen and oxygen atoms in total. The second-order valence-electron chi connectivity index (χ2n) is 6.90. The van der Waals surface area contributed by atoms with Gasteiger partial charge in [0.05, 0.1) is 18.3 Å². The van der Waals surface area contributed by atoms with Crippen molar-refractivity contribution < 1.29 is 14.3 Å². The van der Waals surface area contributed by atoms with E-state index in [2.05, 4.69) is 15.6 Å². The number of nitrogens with one attached hydrogen (secondary N) is 2. The molecule has 0 saturated heterocycles. The van der Waals surface area contributed by atoms with Crippen molar-refractivity contribution in [2.45, 2.75) is 46.3 Å². The van der Waals surface area contributed by atoms with Gasteiger partial charge in [-0.25, -0.2) is 4.79 Å². The highest BCUT2D eigenvalue weighted by atomic mass is 16.3. The van der Waals surface area contributed by atoms with Crippen LogP contribution in [0.25, 0.3) is 0 Å². The van der Waals surface area contributed by atoms with Crippen molar-refractivity contribution >= 4 is 6.03 Å². The molecule has 0 bridgehead atoms. The molecule has 3 N–H and O–H groups in total. The first-order valence-corrected chi connectivity index (χ1v) is 8.46. The number of urea groups is 1. The molecular formula is C19H27N3O3. The van der Waals surface area contributed by atoms with E-state index in [0.29, 0.717) is 11.3 Å². The quantitative estimate of drug-likeness (QED) is 0.750. The number of amides is 2. The van der Waals surface area contributed by atoms with Gasteiger partial charge in [-0.05, 0) is 44.9 Å². The zero-order valence-corrected chi connectivity index (χ0v) is 15.5. The van der Waals surface area contributed by atoms with Crippen molar-refractivity contribution in [3.63, 3.8) is 0 Å². The van der Waals surface area contributed by atoms with E-state index in [-0.39, 0.29) is 24.5 Å². The van der Waals surface area contributed by atoms with Crippen LogP contribution in [-0.2, 0) is 5.60 Å². The SMILES string of the molecule is Cc1cc([C@@](C)(O)CNC(=O)N[C@@H](c2ccccn2)C(C)C)c(C)o1. The summed E-state index contributed by atoms with van der Waals surface area (Å²) in [5, 5.41) is 16.3. The summed E-state index contributed by atoms with van der Waals surface area (Å²) in [6.45, 7) is 9.40. The van der Waals surface area contributed by atoms with Gasteiger partial charge in [0.15, 0.2) is 0 Å². The number of furan rings is 1. The highest BCUT2D eigenvalue weighted by Crippen LogP contribution is 2.26. The van der Waals surface area contributed by atoms with Crippen LogP contribution < -0.4 is 10.6 Å². The Bertz CT molecular complexity index is 708. The van der Waals surface area contributed by atoms with Gasteiger partial charge < -0.3 is 20.2 Å². The molecule has 0 unspecified atom stereocenters. The number of hydrogen-bond acceptors (Lipinski definition) is 4. The maximum atomic E-state index is 12.3. The first-order valence-electron chi connectivity index (χ1n) is 8.46. The molecule has 0 radical (unpaired) electrons. The molecule has 2 aromatic rings. The lowest BCUT2D eigenvalue weighted by Crippen LogP contribution is -2.45. The average molecular weight is 345 g/mol. The van der Waals surface area contributed by atoms with Crippen LogP contribution in [0.1, 0.15) is 49.6 Å². The van der Waals surface area contributed by atoms with Crippen LogP contribution in [0.3, 0.4) is 0 Å². The third kappa shape index (κ3) is 4.82. The zero-order chi connectivity index (χ0) is 18.6. The number of pyridine rings is 1. The average Bonchev–Trinajstić information content (AvgIpc) is 2.90. The third-order valence-electron chi connectivity index (χ3n) is 4.17. The summed E-state index contributed by atoms with van der Waals surface area (Å²) >= 11 is 0. The molecule has 136 valence electrons. The molecule has 2 atom stereocenters. The molecule has 25 heavy (non-hydrogen) atoms. The normalized spacial score (nSPS) is 14.8. The summed E-state index contributed by atoms with van der Waals surface area (Å²) in [6.07, 6.45) is 1.71. The van der Waals surface area contributed by atoms with Gasteiger partial charge in [-0.1, -0.05) is 19.9 Å². The van der Waals surface area contributed by atoms with Gasteiger partial charge in [0.25, 0.3) is 0 Å². The molecule has 0 spiro atoms. The van der Waals surface area contributed by atoms with Crippen LogP contribution in [0.5, 0.6) is 0 Å². The van der Waals surface area contributed by atoms with Crippen LogP contribution in [0.4, 0.5) is 4.79 Å². The number of carbonyl (C=O) groups excluding carboxylic acids is 1. The Hall–Kier alpha value is -2.34. The molecule has 0 aromatic carbocycles. The lowest BCUT2D eigenvalue weighted by Gasteiger charge is -2.26. The monoisotopic (exact) mass is 345 g/mol. The molecule has 0 saturated carbocycles.